The van der Waals surface area contributed by atoms with Gasteiger partial charge in [-0.25, -0.2) is 8.42 Å². The molecule has 0 radical (unpaired) electrons. The third kappa shape index (κ3) is 5.46. The number of hydrogen-bond donors (Lipinski definition) is 1. The van der Waals surface area contributed by atoms with Crippen molar-refractivity contribution in [2.45, 2.75) is 11.3 Å². The number of sulfonamides is 1. The number of rotatable bonds is 7. The first-order chi connectivity index (χ1) is 12.8. The van der Waals surface area contributed by atoms with Gasteiger partial charge in [0.25, 0.3) is 10.0 Å². The highest BCUT2D eigenvalue weighted by atomic mass is 35.5. The third-order valence-electron chi connectivity index (χ3n) is 3.29. The van der Waals surface area contributed by atoms with E-state index in [1.807, 2.05) is 0 Å². The van der Waals surface area contributed by atoms with Crippen LogP contribution in [0.15, 0.2) is 47.4 Å². The van der Waals surface area contributed by atoms with E-state index < -0.39 is 10.0 Å². The lowest BCUT2D eigenvalue weighted by Gasteiger charge is -2.05. The Balaban J connectivity index is 1.59. The fourth-order valence-corrected chi connectivity index (χ4v) is 4.47. The van der Waals surface area contributed by atoms with E-state index in [0.29, 0.717) is 28.8 Å². The molecule has 1 aromatic heterocycles. The maximum Gasteiger partial charge on any atom is 0.263 e. The van der Waals surface area contributed by atoms with Crippen molar-refractivity contribution in [1.82, 2.24) is 10.2 Å². The summed E-state index contributed by atoms with van der Waals surface area (Å²) >= 11 is 18.6. The third-order valence-corrected chi connectivity index (χ3v) is 6.64. The molecule has 3 aromatic rings. The molecular weight excluding hydrogens is 453 g/mol. The molecule has 0 bridgehead atoms. The van der Waals surface area contributed by atoms with Crippen LogP contribution in [0, 0.1) is 0 Å². The highest BCUT2D eigenvalue weighted by Gasteiger charge is 2.18. The molecule has 142 valence electrons. The smallest absolute Gasteiger partial charge is 0.263 e. The number of halogens is 3. The highest BCUT2D eigenvalue weighted by molar-refractivity contribution is 7.93. The monoisotopic (exact) mass is 463 g/mol. The molecule has 0 aliphatic carbocycles. The summed E-state index contributed by atoms with van der Waals surface area (Å²) in [5.41, 5.74) is 0. The van der Waals surface area contributed by atoms with Crippen molar-refractivity contribution in [2.24, 2.45) is 0 Å². The average molecular weight is 465 g/mol. The van der Waals surface area contributed by atoms with E-state index in [9.17, 15) is 8.42 Å². The van der Waals surface area contributed by atoms with Gasteiger partial charge in [-0.15, -0.1) is 10.2 Å². The first-order valence-corrected chi connectivity index (χ1v) is 11.0. The molecule has 0 atom stereocenters. The van der Waals surface area contributed by atoms with Crippen molar-refractivity contribution >= 4 is 61.3 Å². The van der Waals surface area contributed by atoms with E-state index in [4.69, 9.17) is 39.5 Å². The minimum Gasteiger partial charge on any atom is -0.493 e. The van der Waals surface area contributed by atoms with Crippen LogP contribution in [-0.4, -0.2) is 25.2 Å². The fraction of sp³-hybridized carbons (Fsp3) is 0.125. The van der Waals surface area contributed by atoms with E-state index in [1.165, 1.54) is 18.2 Å². The molecular formula is C16H12Cl3N3O3S2. The van der Waals surface area contributed by atoms with Gasteiger partial charge in [-0.2, -0.15) is 0 Å². The van der Waals surface area contributed by atoms with E-state index in [2.05, 4.69) is 14.9 Å². The summed E-state index contributed by atoms with van der Waals surface area (Å²) in [4.78, 5) is -0.0141. The molecule has 0 fully saturated rings. The normalized spacial score (nSPS) is 11.4. The lowest BCUT2D eigenvalue weighted by atomic mass is 10.3. The molecule has 0 amide bonds. The van der Waals surface area contributed by atoms with Crippen LogP contribution in [0.2, 0.25) is 15.1 Å². The average Bonchev–Trinajstić information content (AvgIpc) is 3.05. The summed E-state index contributed by atoms with van der Waals surface area (Å²) < 4.78 is 32.7. The summed E-state index contributed by atoms with van der Waals surface area (Å²) in [6.45, 7) is 0.371. The van der Waals surface area contributed by atoms with Gasteiger partial charge in [0.1, 0.15) is 10.8 Å². The molecule has 0 spiro atoms. The summed E-state index contributed by atoms with van der Waals surface area (Å²) in [7, 11) is -3.84. The van der Waals surface area contributed by atoms with E-state index >= 15 is 0 Å². The largest absolute Gasteiger partial charge is 0.493 e. The van der Waals surface area contributed by atoms with Crippen molar-refractivity contribution in [2.75, 3.05) is 11.3 Å². The van der Waals surface area contributed by atoms with Gasteiger partial charge in [0, 0.05) is 11.4 Å². The molecule has 0 unspecified atom stereocenters. The van der Waals surface area contributed by atoms with E-state index in [-0.39, 0.29) is 20.1 Å². The zero-order valence-corrected chi connectivity index (χ0v) is 17.4. The lowest BCUT2D eigenvalue weighted by Crippen LogP contribution is -2.12. The maximum atomic E-state index is 12.4. The molecule has 0 aliphatic rings. The second-order valence-corrected chi connectivity index (χ2v) is 9.23. The highest BCUT2D eigenvalue weighted by Crippen LogP contribution is 2.27. The number of ether oxygens (including phenoxy) is 1. The summed E-state index contributed by atoms with van der Waals surface area (Å²) in [5, 5.41) is 9.66. The Morgan fingerprint density at radius 3 is 2.44 bits per heavy atom. The van der Waals surface area contributed by atoms with Gasteiger partial charge in [-0.3, -0.25) is 4.72 Å². The topological polar surface area (TPSA) is 81.2 Å². The zero-order chi connectivity index (χ0) is 19.4. The molecule has 6 nitrogen and oxygen atoms in total. The second kappa shape index (κ2) is 8.62. The number of hydrogen-bond acceptors (Lipinski definition) is 6. The van der Waals surface area contributed by atoms with Gasteiger partial charge >= 0.3 is 0 Å². The first-order valence-electron chi connectivity index (χ1n) is 7.52. The Morgan fingerprint density at radius 1 is 1.00 bits per heavy atom. The van der Waals surface area contributed by atoms with Crippen LogP contribution < -0.4 is 9.46 Å². The van der Waals surface area contributed by atoms with Gasteiger partial charge in [-0.1, -0.05) is 46.1 Å². The molecule has 1 heterocycles. The van der Waals surface area contributed by atoms with Gasteiger partial charge in [0.15, 0.2) is 0 Å². The molecule has 1 N–H and O–H groups in total. The van der Waals surface area contributed by atoms with Crippen molar-refractivity contribution in [1.29, 1.82) is 0 Å². The molecule has 2 aromatic carbocycles. The van der Waals surface area contributed by atoms with Crippen LogP contribution in [0.4, 0.5) is 5.13 Å². The van der Waals surface area contributed by atoms with E-state index in [0.717, 1.165) is 11.3 Å². The summed E-state index contributed by atoms with van der Waals surface area (Å²) in [6, 6.07) is 11.0. The van der Waals surface area contributed by atoms with Crippen LogP contribution in [0.5, 0.6) is 5.75 Å². The van der Waals surface area contributed by atoms with Gasteiger partial charge < -0.3 is 4.74 Å². The van der Waals surface area contributed by atoms with Gasteiger partial charge in [-0.05, 0) is 42.5 Å². The number of benzene rings is 2. The van der Waals surface area contributed by atoms with Crippen LogP contribution >= 0.6 is 46.1 Å². The van der Waals surface area contributed by atoms with Crippen molar-refractivity contribution in [3.63, 3.8) is 0 Å². The van der Waals surface area contributed by atoms with Crippen molar-refractivity contribution in [3.05, 3.63) is 62.5 Å². The molecule has 3 rings (SSSR count). The SMILES string of the molecule is O=S(=O)(Nc1nnc(CCOc2ccc(Cl)cc2)s1)c1ccc(Cl)c(Cl)c1. The molecule has 0 saturated heterocycles. The summed E-state index contributed by atoms with van der Waals surface area (Å²) in [5.74, 6) is 0.685. The van der Waals surface area contributed by atoms with Crippen molar-refractivity contribution in [3.8, 4) is 5.75 Å². The fourth-order valence-electron chi connectivity index (χ4n) is 2.00. The number of nitrogens with one attached hydrogen (secondary N) is 1. The predicted octanol–water partition coefficient (Wildman–Crippen LogP) is 4.92. The first kappa shape index (κ1) is 20.2. The Labute approximate surface area is 175 Å². The quantitative estimate of drug-likeness (QED) is 0.537. The molecule has 27 heavy (non-hydrogen) atoms. The summed E-state index contributed by atoms with van der Waals surface area (Å²) in [6.07, 6.45) is 0.481. The number of nitrogens with zero attached hydrogens (tertiary/aromatic N) is 2. The predicted molar refractivity (Wildman–Crippen MR) is 108 cm³/mol. The van der Waals surface area contributed by atoms with Crippen LogP contribution in [0.1, 0.15) is 5.01 Å². The van der Waals surface area contributed by atoms with Crippen LogP contribution in [-0.2, 0) is 16.4 Å². The standard InChI is InChI=1S/C16H12Cl3N3O3S2/c17-10-1-3-11(4-2-10)25-8-7-15-20-21-16(26-15)22-27(23,24)12-5-6-13(18)14(19)9-12/h1-6,9H,7-8H2,(H,21,22). The van der Waals surface area contributed by atoms with E-state index in [1.54, 1.807) is 24.3 Å². The Bertz CT molecular complexity index is 1040. The van der Waals surface area contributed by atoms with Crippen LogP contribution in [0.3, 0.4) is 0 Å². The number of anilines is 1. The molecule has 0 aliphatic heterocycles. The molecule has 11 heteroatoms. The Kier molecular flexibility index (Phi) is 6.44. The Hall–Kier alpha value is -1.58. The minimum atomic E-state index is -3.84. The second-order valence-electron chi connectivity index (χ2n) is 5.23. The lowest BCUT2D eigenvalue weighted by molar-refractivity contribution is 0.321. The maximum absolute atomic E-state index is 12.4. The minimum absolute atomic E-state index is 0.0141. The Morgan fingerprint density at radius 2 is 1.74 bits per heavy atom. The number of aromatic nitrogens is 2. The van der Waals surface area contributed by atoms with Crippen LogP contribution in [0.25, 0.3) is 0 Å². The zero-order valence-electron chi connectivity index (χ0n) is 13.5. The van der Waals surface area contributed by atoms with Gasteiger partial charge in [0.05, 0.1) is 21.5 Å². The molecule has 0 saturated carbocycles. The van der Waals surface area contributed by atoms with Gasteiger partial charge in [0.2, 0.25) is 5.13 Å². The van der Waals surface area contributed by atoms with Crippen molar-refractivity contribution < 1.29 is 13.2 Å².